The van der Waals surface area contributed by atoms with Crippen LogP contribution in [0, 0.1) is 13.8 Å². The fourth-order valence-electron chi connectivity index (χ4n) is 3.18. The van der Waals surface area contributed by atoms with Gasteiger partial charge in [-0.3, -0.25) is 9.78 Å². The Morgan fingerprint density at radius 2 is 2.17 bits per heavy atom. The number of aromatic nitrogens is 2. The molecule has 4 atom stereocenters. The minimum Gasteiger partial charge on any atom is -0.390 e. The number of hydrogen-bond donors (Lipinski definition) is 3. The highest BCUT2D eigenvalue weighted by Gasteiger charge is 2.43. The molecule has 1 amide bonds. The molecule has 1 aliphatic carbocycles. The van der Waals surface area contributed by atoms with Gasteiger partial charge in [0, 0.05) is 18.3 Å². The highest BCUT2D eigenvalue weighted by Crippen LogP contribution is 2.35. The molecule has 2 aromatic heterocycles. The average molecular weight is 317 g/mol. The molecular formula is C16H19N3O4. The van der Waals surface area contributed by atoms with Gasteiger partial charge < -0.3 is 20.1 Å². The fourth-order valence-corrected chi connectivity index (χ4v) is 3.18. The molecule has 3 rings (SSSR count). The minimum atomic E-state index is -1.04. The van der Waals surface area contributed by atoms with E-state index in [9.17, 15) is 15.0 Å². The van der Waals surface area contributed by atoms with Gasteiger partial charge in [0.25, 0.3) is 5.91 Å². The number of aryl methyl sites for hydroxylation is 2. The zero-order valence-corrected chi connectivity index (χ0v) is 12.9. The smallest absolute Gasteiger partial charge is 0.257 e. The van der Waals surface area contributed by atoms with E-state index >= 15 is 0 Å². The summed E-state index contributed by atoms with van der Waals surface area (Å²) in [5, 5.41) is 26.8. The van der Waals surface area contributed by atoms with E-state index in [4.69, 9.17) is 4.52 Å². The van der Waals surface area contributed by atoms with Crippen LogP contribution in [0.15, 0.2) is 29.0 Å². The van der Waals surface area contributed by atoms with Gasteiger partial charge in [0.1, 0.15) is 17.4 Å². The maximum atomic E-state index is 12.5. The van der Waals surface area contributed by atoms with Gasteiger partial charge in [0.2, 0.25) is 0 Å². The maximum absolute atomic E-state index is 12.5. The van der Waals surface area contributed by atoms with Crippen molar-refractivity contribution in [2.45, 2.75) is 44.4 Å². The van der Waals surface area contributed by atoms with Crippen molar-refractivity contribution in [1.82, 2.24) is 15.5 Å². The predicted molar refractivity (Wildman–Crippen MR) is 80.8 cm³/mol. The Morgan fingerprint density at radius 3 is 2.78 bits per heavy atom. The number of nitrogens with one attached hydrogen (secondary N) is 1. The van der Waals surface area contributed by atoms with Crippen molar-refractivity contribution in [2.24, 2.45) is 0 Å². The van der Waals surface area contributed by atoms with Gasteiger partial charge in [-0.05, 0) is 31.9 Å². The number of rotatable bonds is 3. The summed E-state index contributed by atoms with van der Waals surface area (Å²) < 4.78 is 5.01. The molecule has 7 heteroatoms. The van der Waals surface area contributed by atoms with E-state index in [1.165, 1.54) is 0 Å². The average Bonchev–Trinajstić information content (AvgIpc) is 3.02. The van der Waals surface area contributed by atoms with Crippen LogP contribution in [0.5, 0.6) is 0 Å². The van der Waals surface area contributed by atoms with Crippen LogP contribution in [0.1, 0.15) is 39.7 Å². The second-order valence-electron chi connectivity index (χ2n) is 5.88. The van der Waals surface area contributed by atoms with Gasteiger partial charge >= 0.3 is 0 Å². The van der Waals surface area contributed by atoms with Gasteiger partial charge in [-0.1, -0.05) is 11.2 Å². The summed E-state index contributed by atoms with van der Waals surface area (Å²) in [6, 6.07) is 3.06. The van der Waals surface area contributed by atoms with E-state index < -0.39 is 18.2 Å². The first-order chi connectivity index (χ1) is 11.0. The van der Waals surface area contributed by atoms with Crippen molar-refractivity contribution >= 4 is 5.91 Å². The summed E-state index contributed by atoms with van der Waals surface area (Å²) in [6.45, 7) is 3.34. The third-order valence-corrected chi connectivity index (χ3v) is 4.36. The van der Waals surface area contributed by atoms with Gasteiger partial charge in [-0.25, -0.2) is 0 Å². The largest absolute Gasteiger partial charge is 0.390 e. The SMILES string of the molecule is Cc1noc(C)c1C(=O)NC1C(c2cccnc2)CC(O)C1O. The molecule has 0 aliphatic heterocycles. The molecule has 122 valence electrons. The zero-order valence-electron chi connectivity index (χ0n) is 12.9. The summed E-state index contributed by atoms with van der Waals surface area (Å²) in [4.78, 5) is 16.6. The molecule has 3 N–H and O–H groups in total. The third kappa shape index (κ3) is 2.85. The standard InChI is InChI=1S/C16H19N3O4/c1-8-13(9(2)23-19-8)16(22)18-14-11(6-12(20)15(14)21)10-4-3-5-17-7-10/h3-5,7,11-12,14-15,20-21H,6H2,1-2H3,(H,18,22). The topological polar surface area (TPSA) is 108 Å². The highest BCUT2D eigenvalue weighted by atomic mass is 16.5. The Balaban J connectivity index is 1.85. The lowest BCUT2D eigenvalue weighted by molar-refractivity contribution is 0.0294. The van der Waals surface area contributed by atoms with E-state index in [0.717, 1.165) is 5.56 Å². The van der Waals surface area contributed by atoms with E-state index in [-0.39, 0.29) is 11.8 Å². The molecule has 7 nitrogen and oxygen atoms in total. The minimum absolute atomic E-state index is 0.210. The van der Waals surface area contributed by atoms with Crippen LogP contribution in [0.2, 0.25) is 0 Å². The summed E-state index contributed by atoms with van der Waals surface area (Å²) in [7, 11) is 0. The lowest BCUT2D eigenvalue weighted by Crippen LogP contribution is -2.45. The summed E-state index contributed by atoms with van der Waals surface area (Å²) in [6.07, 6.45) is 1.77. The fraction of sp³-hybridized carbons (Fsp3) is 0.438. The number of carbonyl (C=O) groups excluding carboxylic acids is 1. The highest BCUT2D eigenvalue weighted by molar-refractivity contribution is 5.96. The van der Waals surface area contributed by atoms with Crippen LogP contribution in [0.3, 0.4) is 0 Å². The predicted octanol–water partition coefficient (Wildman–Crippen LogP) is 0.694. The molecule has 2 heterocycles. The molecule has 1 aliphatic rings. The van der Waals surface area contributed by atoms with Crippen LogP contribution in [0.4, 0.5) is 0 Å². The first kappa shape index (κ1) is 15.6. The number of aliphatic hydroxyl groups is 2. The molecule has 0 aromatic carbocycles. The van der Waals surface area contributed by atoms with Crippen LogP contribution < -0.4 is 5.32 Å². The molecule has 0 radical (unpaired) electrons. The Kier molecular flexibility index (Phi) is 4.14. The summed E-state index contributed by atoms with van der Waals surface area (Å²) in [5.41, 5.74) is 1.72. The summed E-state index contributed by atoms with van der Waals surface area (Å²) >= 11 is 0. The van der Waals surface area contributed by atoms with Crippen LogP contribution in [-0.4, -0.2) is 44.5 Å². The molecule has 2 aromatic rings. The van der Waals surface area contributed by atoms with E-state index in [1.807, 2.05) is 6.07 Å². The Labute approximate surface area is 133 Å². The van der Waals surface area contributed by atoms with Crippen LogP contribution in [-0.2, 0) is 0 Å². The maximum Gasteiger partial charge on any atom is 0.257 e. The van der Waals surface area contributed by atoms with Gasteiger partial charge in [0.05, 0.1) is 17.8 Å². The Hall–Kier alpha value is -2.25. The van der Waals surface area contributed by atoms with Crippen molar-refractivity contribution < 1.29 is 19.5 Å². The van der Waals surface area contributed by atoms with Crippen molar-refractivity contribution in [3.8, 4) is 0 Å². The van der Waals surface area contributed by atoms with Gasteiger partial charge in [-0.15, -0.1) is 0 Å². The first-order valence-electron chi connectivity index (χ1n) is 7.49. The van der Waals surface area contributed by atoms with Gasteiger partial charge in [0.15, 0.2) is 0 Å². The number of pyridine rings is 1. The van der Waals surface area contributed by atoms with Crippen molar-refractivity contribution in [3.63, 3.8) is 0 Å². The van der Waals surface area contributed by atoms with E-state index in [0.29, 0.717) is 23.4 Å². The van der Waals surface area contributed by atoms with Crippen molar-refractivity contribution in [2.75, 3.05) is 0 Å². The molecule has 1 fully saturated rings. The third-order valence-electron chi connectivity index (χ3n) is 4.36. The van der Waals surface area contributed by atoms with Crippen molar-refractivity contribution in [1.29, 1.82) is 0 Å². The normalized spacial score (nSPS) is 27.1. The second kappa shape index (κ2) is 6.10. The molecule has 1 saturated carbocycles. The Morgan fingerprint density at radius 1 is 1.39 bits per heavy atom. The lowest BCUT2D eigenvalue weighted by atomic mass is 9.94. The number of amides is 1. The molecule has 0 saturated heterocycles. The summed E-state index contributed by atoms with van der Waals surface area (Å²) in [5.74, 6) is -0.155. The Bertz CT molecular complexity index is 681. The molecule has 23 heavy (non-hydrogen) atoms. The molecule has 0 spiro atoms. The molecular weight excluding hydrogens is 298 g/mol. The molecule has 4 unspecified atom stereocenters. The first-order valence-corrected chi connectivity index (χ1v) is 7.49. The lowest BCUT2D eigenvalue weighted by Gasteiger charge is -2.23. The number of aliphatic hydroxyl groups excluding tert-OH is 2. The second-order valence-corrected chi connectivity index (χ2v) is 5.88. The number of hydrogen-bond acceptors (Lipinski definition) is 6. The van der Waals surface area contributed by atoms with Gasteiger partial charge in [-0.2, -0.15) is 0 Å². The number of nitrogens with zero attached hydrogens (tertiary/aromatic N) is 2. The van der Waals surface area contributed by atoms with E-state index in [2.05, 4.69) is 15.5 Å². The van der Waals surface area contributed by atoms with Crippen LogP contribution in [0.25, 0.3) is 0 Å². The van der Waals surface area contributed by atoms with E-state index in [1.54, 1.807) is 32.3 Å². The zero-order chi connectivity index (χ0) is 16.6. The molecule has 0 bridgehead atoms. The monoisotopic (exact) mass is 317 g/mol. The van der Waals surface area contributed by atoms with Crippen LogP contribution >= 0.6 is 0 Å². The quantitative estimate of drug-likeness (QED) is 0.769. The van der Waals surface area contributed by atoms with Crippen molar-refractivity contribution in [3.05, 3.63) is 47.1 Å². The number of carbonyl (C=O) groups is 1.